The summed E-state index contributed by atoms with van der Waals surface area (Å²) in [4.78, 5) is 23.3. The van der Waals surface area contributed by atoms with E-state index in [9.17, 15) is 9.59 Å². The second-order valence-corrected chi connectivity index (χ2v) is 6.57. The summed E-state index contributed by atoms with van der Waals surface area (Å²) < 4.78 is 20.9. The zero-order valence-electron chi connectivity index (χ0n) is 16.2. The van der Waals surface area contributed by atoms with Gasteiger partial charge in [-0.05, 0) is 51.3 Å². The Morgan fingerprint density at radius 3 is 2.45 bits per heavy atom. The number of hydrogen-bond donors (Lipinski definition) is 1. The number of rotatable bonds is 9. The van der Waals surface area contributed by atoms with Crippen LogP contribution in [0.15, 0.2) is 46.0 Å². The summed E-state index contributed by atoms with van der Waals surface area (Å²) in [5.41, 5.74) is 3.98. The van der Waals surface area contributed by atoms with E-state index in [2.05, 4.69) is 31.2 Å². The number of carbonyl (C=O) groups excluding carboxylic acids is 2. The van der Waals surface area contributed by atoms with Crippen LogP contribution >= 0.6 is 15.9 Å². The first-order valence-electron chi connectivity index (χ1n) is 8.48. The number of nitrogens with zero attached hydrogens (tertiary/aromatic N) is 1. The molecule has 0 atom stereocenters. The molecule has 0 saturated carbocycles. The quantitative estimate of drug-likeness (QED) is 0.348. The van der Waals surface area contributed by atoms with Gasteiger partial charge in [0, 0.05) is 0 Å². The standard InChI is InChI=1S/C20H21BrN2O6/c1-26-15-6-4-13(5-7-15)10-18(24)23-22-11-14-8-16(21)20(17(9-14)27-2)29-12-19(25)28-3/h4-9,11H,10,12H2,1-3H3,(H,23,24). The monoisotopic (exact) mass is 464 g/mol. The lowest BCUT2D eigenvalue weighted by Crippen LogP contribution is -2.19. The van der Waals surface area contributed by atoms with Crippen molar-refractivity contribution < 1.29 is 28.5 Å². The van der Waals surface area contributed by atoms with Crippen molar-refractivity contribution in [2.24, 2.45) is 5.10 Å². The summed E-state index contributed by atoms with van der Waals surface area (Å²) in [6.07, 6.45) is 1.66. The summed E-state index contributed by atoms with van der Waals surface area (Å²) in [5.74, 6) is 0.721. The maximum atomic E-state index is 12.0. The second-order valence-electron chi connectivity index (χ2n) is 5.72. The van der Waals surface area contributed by atoms with E-state index < -0.39 is 5.97 Å². The van der Waals surface area contributed by atoms with Crippen LogP contribution in [0, 0.1) is 0 Å². The van der Waals surface area contributed by atoms with E-state index in [-0.39, 0.29) is 18.9 Å². The Labute approximate surface area is 176 Å². The molecule has 0 saturated heterocycles. The summed E-state index contributed by atoms with van der Waals surface area (Å²) in [7, 11) is 4.34. The Balaban J connectivity index is 1.99. The molecule has 0 unspecified atom stereocenters. The number of carbonyl (C=O) groups is 2. The molecule has 2 aromatic carbocycles. The highest BCUT2D eigenvalue weighted by molar-refractivity contribution is 9.10. The van der Waals surface area contributed by atoms with E-state index in [1.165, 1.54) is 20.4 Å². The maximum Gasteiger partial charge on any atom is 0.343 e. The van der Waals surface area contributed by atoms with Crippen LogP contribution in [-0.4, -0.2) is 46.0 Å². The fourth-order valence-electron chi connectivity index (χ4n) is 2.29. The van der Waals surface area contributed by atoms with E-state index >= 15 is 0 Å². The number of halogens is 1. The van der Waals surface area contributed by atoms with Crippen molar-refractivity contribution in [1.29, 1.82) is 0 Å². The lowest BCUT2D eigenvalue weighted by molar-refractivity contribution is -0.143. The molecule has 2 rings (SSSR count). The third kappa shape index (κ3) is 6.79. The second kappa shape index (κ2) is 11.1. The van der Waals surface area contributed by atoms with Crippen molar-refractivity contribution in [3.63, 3.8) is 0 Å². The topological polar surface area (TPSA) is 95.5 Å². The number of hydrazone groups is 1. The molecule has 1 amide bonds. The molecule has 29 heavy (non-hydrogen) atoms. The molecule has 0 fully saturated rings. The Bertz CT molecular complexity index is 883. The van der Waals surface area contributed by atoms with Gasteiger partial charge in [0.2, 0.25) is 5.91 Å². The van der Waals surface area contributed by atoms with Crippen LogP contribution in [0.5, 0.6) is 17.2 Å². The average Bonchev–Trinajstić information content (AvgIpc) is 2.72. The molecular formula is C20H21BrN2O6. The van der Waals surface area contributed by atoms with Crippen molar-refractivity contribution in [1.82, 2.24) is 5.43 Å². The Morgan fingerprint density at radius 2 is 1.83 bits per heavy atom. The summed E-state index contributed by atoms with van der Waals surface area (Å²) in [6.45, 7) is -0.250. The van der Waals surface area contributed by atoms with Gasteiger partial charge in [-0.15, -0.1) is 0 Å². The van der Waals surface area contributed by atoms with Gasteiger partial charge in [-0.2, -0.15) is 5.10 Å². The predicted octanol–water partition coefficient (Wildman–Crippen LogP) is 2.71. The number of esters is 1. The largest absolute Gasteiger partial charge is 0.497 e. The Morgan fingerprint density at radius 1 is 1.10 bits per heavy atom. The zero-order chi connectivity index (χ0) is 21.2. The average molecular weight is 465 g/mol. The Hall–Kier alpha value is -3.07. The summed E-state index contributed by atoms with van der Waals surface area (Å²) >= 11 is 3.37. The highest BCUT2D eigenvalue weighted by atomic mass is 79.9. The molecule has 0 radical (unpaired) electrons. The van der Waals surface area contributed by atoms with Crippen LogP contribution in [0.1, 0.15) is 11.1 Å². The van der Waals surface area contributed by atoms with Crippen molar-refractivity contribution in [3.8, 4) is 17.2 Å². The van der Waals surface area contributed by atoms with Gasteiger partial charge < -0.3 is 18.9 Å². The number of methoxy groups -OCH3 is 3. The molecule has 154 valence electrons. The molecule has 9 heteroatoms. The molecule has 0 heterocycles. The third-order valence-electron chi connectivity index (χ3n) is 3.74. The van der Waals surface area contributed by atoms with Gasteiger partial charge >= 0.3 is 5.97 Å². The van der Waals surface area contributed by atoms with Crippen molar-refractivity contribution in [2.75, 3.05) is 27.9 Å². The van der Waals surface area contributed by atoms with Crippen molar-refractivity contribution in [2.45, 2.75) is 6.42 Å². The van der Waals surface area contributed by atoms with Gasteiger partial charge in [-0.1, -0.05) is 12.1 Å². The van der Waals surface area contributed by atoms with E-state index in [4.69, 9.17) is 14.2 Å². The lowest BCUT2D eigenvalue weighted by atomic mass is 10.1. The summed E-state index contributed by atoms with van der Waals surface area (Å²) in [6, 6.07) is 10.6. The van der Waals surface area contributed by atoms with Gasteiger partial charge in [0.25, 0.3) is 0 Å². The first-order valence-corrected chi connectivity index (χ1v) is 9.28. The molecule has 0 aliphatic rings. The lowest BCUT2D eigenvalue weighted by Gasteiger charge is -2.12. The number of benzene rings is 2. The SMILES string of the molecule is COC(=O)COc1c(Br)cc(C=NNC(=O)Cc2ccc(OC)cc2)cc1OC. The summed E-state index contributed by atoms with van der Waals surface area (Å²) in [5, 5.41) is 3.96. The molecule has 0 aliphatic heterocycles. The maximum absolute atomic E-state index is 12.0. The number of hydrogen-bond acceptors (Lipinski definition) is 7. The van der Waals surface area contributed by atoms with Crippen LogP contribution in [0.3, 0.4) is 0 Å². The van der Waals surface area contributed by atoms with E-state index in [1.54, 1.807) is 31.4 Å². The van der Waals surface area contributed by atoms with Gasteiger partial charge in [-0.3, -0.25) is 4.79 Å². The van der Waals surface area contributed by atoms with Gasteiger partial charge in [0.05, 0.1) is 38.4 Å². The van der Waals surface area contributed by atoms with Crippen LogP contribution < -0.4 is 19.6 Å². The molecule has 0 aromatic heterocycles. The molecule has 0 spiro atoms. The van der Waals surface area contributed by atoms with E-state index in [0.29, 0.717) is 21.5 Å². The van der Waals surface area contributed by atoms with E-state index in [0.717, 1.165) is 11.3 Å². The minimum Gasteiger partial charge on any atom is -0.497 e. The minimum atomic E-state index is -0.510. The third-order valence-corrected chi connectivity index (χ3v) is 4.33. The van der Waals surface area contributed by atoms with Crippen molar-refractivity contribution >= 4 is 34.0 Å². The fraction of sp³-hybridized carbons (Fsp3) is 0.250. The Kier molecular flexibility index (Phi) is 8.47. The smallest absolute Gasteiger partial charge is 0.343 e. The first-order chi connectivity index (χ1) is 14.0. The molecule has 1 N–H and O–H groups in total. The highest BCUT2D eigenvalue weighted by Crippen LogP contribution is 2.36. The molecule has 0 aliphatic carbocycles. The van der Waals surface area contributed by atoms with Crippen LogP contribution in [0.2, 0.25) is 0 Å². The van der Waals surface area contributed by atoms with Gasteiger partial charge in [-0.25, -0.2) is 10.2 Å². The predicted molar refractivity (Wildman–Crippen MR) is 111 cm³/mol. The number of amides is 1. The van der Waals surface area contributed by atoms with Crippen LogP contribution in [0.25, 0.3) is 0 Å². The zero-order valence-corrected chi connectivity index (χ0v) is 17.8. The number of nitrogens with one attached hydrogen (secondary N) is 1. The first kappa shape index (κ1) is 22.2. The molecule has 8 nitrogen and oxygen atoms in total. The molecule has 2 aromatic rings. The number of ether oxygens (including phenoxy) is 4. The highest BCUT2D eigenvalue weighted by Gasteiger charge is 2.13. The fourth-order valence-corrected chi connectivity index (χ4v) is 2.87. The normalized spacial score (nSPS) is 10.5. The van der Waals surface area contributed by atoms with Crippen LogP contribution in [0.4, 0.5) is 0 Å². The minimum absolute atomic E-state index is 0.189. The van der Waals surface area contributed by atoms with Crippen LogP contribution in [-0.2, 0) is 20.7 Å². The molecule has 0 bridgehead atoms. The molecular weight excluding hydrogens is 444 g/mol. The van der Waals surface area contributed by atoms with Gasteiger partial charge in [0.15, 0.2) is 18.1 Å². The van der Waals surface area contributed by atoms with Crippen molar-refractivity contribution in [3.05, 3.63) is 52.0 Å². The van der Waals surface area contributed by atoms with Gasteiger partial charge in [0.1, 0.15) is 5.75 Å². The van der Waals surface area contributed by atoms with E-state index in [1.807, 2.05) is 12.1 Å².